The Labute approximate surface area is 195 Å². The van der Waals surface area contributed by atoms with Crippen LogP contribution in [0.3, 0.4) is 0 Å². The highest BCUT2D eigenvalue weighted by Gasteiger charge is 2.21. The summed E-state index contributed by atoms with van der Waals surface area (Å²) in [5.74, 6) is 0.746. The largest absolute Gasteiger partial charge is 0.454 e. The molecule has 0 unspecified atom stereocenters. The number of fused-ring (bicyclic) bond motifs is 1. The highest BCUT2D eigenvalue weighted by atomic mass is 16.7. The van der Waals surface area contributed by atoms with Gasteiger partial charge in [0.05, 0.1) is 11.9 Å². The van der Waals surface area contributed by atoms with Crippen LogP contribution in [0.25, 0.3) is 0 Å². The SMILES string of the molecule is O=C(Cn1cc(NC(=O)c2ccc3c(c2)OCO3)cn1)NCc1ccc(N2CCCC2=O)cc1. The average molecular weight is 461 g/mol. The van der Waals surface area contributed by atoms with Gasteiger partial charge in [0, 0.05) is 37.0 Å². The maximum Gasteiger partial charge on any atom is 0.255 e. The second kappa shape index (κ2) is 9.26. The Morgan fingerprint density at radius 3 is 2.68 bits per heavy atom. The molecule has 1 aromatic heterocycles. The van der Waals surface area contributed by atoms with Gasteiger partial charge in [-0.25, -0.2) is 0 Å². The molecule has 0 radical (unpaired) electrons. The zero-order valence-electron chi connectivity index (χ0n) is 18.3. The fraction of sp³-hybridized carbons (Fsp3) is 0.250. The molecule has 0 atom stereocenters. The summed E-state index contributed by atoms with van der Waals surface area (Å²) in [6, 6.07) is 12.5. The molecule has 5 rings (SSSR count). The molecule has 3 heterocycles. The van der Waals surface area contributed by atoms with Crippen LogP contribution < -0.4 is 25.0 Å². The molecule has 2 aliphatic heterocycles. The molecule has 2 aliphatic rings. The molecule has 34 heavy (non-hydrogen) atoms. The van der Waals surface area contributed by atoms with Crippen LogP contribution in [0.4, 0.5) is 11.4 Å². The molecule has 0 spiro atoms. The van der Waals surface area contributed by atoms with Crippen LogP contribution >= 0.6 is 0 Å². The fourth-order valence-corrected chi connectivity index (χ4v) is 3.87. The van der Waals surface area contributed by atoms with Crippen LogP contribution in [-0.2, 0) is 22.7 Å². The fourth-order valence-electron chi connectivity index (χ4n) is 3.87. The Morgan fingerprint density at radius 2 is 1.88 bits per heavy atom. The average Bonchev–Trinajstić information content (AvgIpc) is 3.59. The van der Waals surface area contributed by atoms with E-state index in [4.69, 9.17) is 9.47 Å². The lowest BCUT2D eigenvalue weighted by Gasteiger charge is -2.16. The van der Waals surface area contributed by atoms with Crippen molar-refractivity contribution in [3.8, 4) is 11.5 Å². The van der Waals surface area contributed by atoms with Gasteiger partial charge >= 0.3 is 0 Å². The van der Waals surface area contributed by atoms with Crippen LogP contribution in [0.2, 0.25) is 0 Å². The van der Waals surface area contributed by atoms with Crippen molar-refractivity contribution in [1.29, 1.82) is 0 Å². The molecule has 10 nitrogen and oxygen atoms in total. The number of hydrogen-bond donors (Lipinski definition) is 2. The van der Waals surface area contributed by atoms with Crippen molar-refractivity contribution in [2.45, 2.75) is 25.9 Å². The van der Waals surface area contributed by atoms with Crippen molar-refractivity contribution >= 4 is 29.1 Å². The summed E-state index contributed by atoms with van der Waals surface area (Å²) in [7, 11) is 0. The lowest BCUT2D eigenvalue weighted by Crippen LogP contribution is -2.27. The first-order valence-corrected chi connectivity index (χ1v) is 10.9. The summed E-state index contributed by atoms with van der Waals surface area (Å²) in [6.07, 6.45) is 4.55. The predicted octanol–water partition coefficient (Wildman–Crippen LogP) is 2.31. The van der Waals surface area contributed by atoms with E-state index in [1.807, 2.05) is 24.3 Å². The highest BCUT2D eigenvalue weighted by molar-refractivity contribution is 6.04. The second-order valence-corrected chi connectivity index (χ2v) is 8.04. The van der Waals surface area contributed by atoms with Crippen LogP contribution in [0, 0.1) is 0 Å². The van der Waals surface area contributed by atoms with E-state index in [0.717, 1.165) is 24.2 Å². The number of nitrogens with zero attached hydrogens (tertiary/aromatic N) is 3. The zero-order valence-corrected chi connectivity index (χ0v) is 18.3. The van der Waals surface area contributed by atoms with Crippen molar-refractivity contribution in [3.63, 3.8) is 0 Å². The third kappa shape index (κ3) is 4.70. The summed E-state index contributed by atoms with van der Waals surface area (Å²) in [4.78, 5) is 38.4. The van der Waals surface area contributed by atoms with E-state index in [2.05, 4.69) is 15.7 Å². The third-order valence-electron chi connectivity index (χ3n) is 5.64. The second-order valence-electron chi connectivity index (χ2n) is 8.04. The summed E-state index contributed by atoms with van der Waals surface area (Å²) in [5, 5.41) is 9.74. The summed E-state index contributed by atoms with van der Waals surface area (Å²) in [6.45, 7) is 1.26. The van der Waals surface area contributed by atoms with Crippen molar-refractivity contribution in [2.24, 2.45) is 0 Å². The van der Waals surface area contributed by atoms with Gasteiger partial charge in [-0.3, -0.25) is 19.1 Å². The van der Waals surface area contributed by atoms with E-state index < -0.39 is 0 Å². The molecule has 3 aromatic rings. The molecule has 174 valence electrons. The van der Waals surface area contributed by atoms with Crippen molar-refractivity contribution < 1.29 is 23.9 Å². The molecular formula is C24H23N5O5. The minimum atomic E-state index is -0.318. The lowest BCUT2D eigenvalue weighted by atomic mass is 10.2. The Bertz CT molecular complexity index is 1240. The molecular weight excluding hydrogens is 438 g/mol. The van der Waals surface area contributed by atoms with Gasteiger partial charge in [-0.15, -0.1) is 0 Å². The van der Waals surface area contributed by atoms with Crippen molar-refractivity contribution in [2.75, 3.05) is 23.6 Å². The lowest BCUT2D eigenvalue weighted by molar-refractivity contribution is -0.122. The Kier molecular flexibility index (Phi) is 5.86. The molecule has 0 aliphatic carbocycles. The quantitative estimate of drug-likeness (QED) is 0.558. The number of ether oxygens (including phenoxy) is 2. The van der Waals surface area contributed by atoms with E-state index in [1.54, 1.807) is 29.3 Å². The van der Waals surface area contributed by atoms with Crippen LogP contribution in [0.15, 0.2) is 54.9 Å². The number of anilines is 2. The topological polar surface area (TPSA) is 115 Å². The standard InChI is InChI=1S/C24H23N5O5/c30-22(25-11-16-3-6-19(7-4-16)29-9-1-2-23(29)31)14-28-13-18(12-26-28)27-24(32)17-5-8-20-21(10-17)34-15-33-20/h3-8,10,12-13H,1-2,9,11,14-15H2,(H,25,30)(H,27,32). The molecule has 2 N–H and O–H groups in total. The number of amides is 3. The third-order valence-corrected chi connectivity index (χ3v) is 5.64. The number of rotatable bonds is 7. The van der Waals surface area contributed by atoms with Gasteiger partial charge in [0.25, 0.3) is 5.91 Å². The number of carbonyl (C=O) groups excluding carboxylic acids is 3. The van der Waals surface area contributed by atoms with E-state index in [1.165, 1.54) is 10.9 Å². The summed E-state index contributed by atoms with van der Waals surface area (Å²) >= 11 is 0. The molecule has 1 fully saturated rings. The summed E-state index contributed by atoms with van der Waals surface area (Å²) < 4.78 is 12.0. The van der Waals surface area contributed by atoms with Crippen LogP contribution in [-0.4, -0.2) is 40.8 Å². The molecule has 0 bridgehead atoms. The van der Waals surface area contributed by atoms with Gasteiger partial charge in [-0.05, 0) is 42.3 Å². The number of carbonyl (C=O) groups is 3. The Balaban J connectivity index is 1.11. The summed E-state index contributed by atoms with van der Waals surface area (Å²) in [5.41, 5.74) is 2.71. The van der Waals surface area contributed by atoms with Gasteiger partial charge in [-0.2, -0.15) is 5.10 Å². The maximum absolute atomic E-state index is 12.5. The maximum atomic E-state index is 12.5. The number of aromatic nitrogens is 2. The molecule has 1 saturated heterocycles. The van der Waals surface area contributed by atoms with Gasteiger partial charge in [0.1, 0.15) is 6.54 Å². The minimum absolute atomic E-state index is 0.0141. The normalized spacial score (nSPS) is 14.4. The molecule has 10 heteroatoms. The van der Waals surface area contributed by atoms with Crippen LogP contribution in [0.5, 0.6) is 11.5 Å². The van der Waals surface area contributed by atoms with Crippen molar-refractivity contribution in [3.05, 3.63) is 66.0 Å². The predicted molar refractivity (Wildman–Crippen MR) is 123 cm³/mol. The monoisotopic (exact) mass is 461 g/mol. The van der Waals surface area contributed by atoms with Crippen LogP contribution in [0.1, 0.15) is 28.8 Å². The highest BCUT2D eigenvalue weighted by Crippen LogP contribution is 2.32. The molecule has 2 aromatic carbocycles. The first-order valence-electron chi connectivity index (χ1n) is 10.9. The first kappa shape index (κ1) is 21.5. The van der Waals surface area contributed by atoms with E-state index in [0.29, 0.717) is 35.7 Å². The van der Waals surface area contributed by atoms with E-state index in [9.17, 15) is 14.4 Å². The van der Waals surface area contributed by atoms with Crippen molar-refractivity contribution in [1.82, 2.24) is 15.1 Å². The molecule has 3 amide bonds. The number of hydrogen-bond acceptors (Lipinski definition) is 6. The number of nitrogens with one attached hydrogen (secondary N) is 2. The zero-order chi connectivity index (χ0) is 23.5. The Hall–Kier alpha value is -4.34. The Morgan fingerprint density at radius 1 is 1.06 bits per heavy atom. The van der Waals surface area contributed by atoms with E-state index >= 15 is 0 Å². The minimum Gasteiger partial charge on any atom is -0.454 e. The number of benzene rings is 2. The van der Waals surface area contributed by atoms with E-state index in [-0.39, 0.29) is 31.1 Å². The van der Waals surface area contributed by atoms with Gasteiger partial charge < -0.3 is 25.0 Å². The molecule has 0 saturated carbocycles. The van der Waals surface area contributed by atoms with Gasteiger partial charge in [-0.1, -0.05) is 12.1 Å². The van der Waals surface area contributed by atoms with Gasteiger partial charge in [0.2, 0.25) is 18.6 Å². The van der Waals surface area contributed by atoms with Gasteiger partial charge in [0.15, 0.2) is 11.5 Å². The smallest absolute Gasteiger partial charge is 0.255 e. The first-order chi connectivity index (χ1) is 16.5.